The SMILES string of the molecule is CCSc1cc(C(=O)NCc2c(C)nn(Cc3ccccc3)c2C)ccn1. The molecular formula is C21H24N4OS. The maximum Gasteiger partial charge on any atom is 0.251 e. The summed E-state index contributed by atoms with van der Waals surface area (Å²) >= 11 is 1.63. The summed E-state index contributed by atoms with van der Waals surface area (Å²) < 4.78 is 1.99. The third-order valence-electron chi connectivity index (χ3n) is 4.42. The van der Waals surface area contributed by atoms with Crippen LogP contribution in [0.15, 0.2) is 53.7 Å². The molecule has 2 aromatic heterocycles. The maximum absolute atomic E-state index is 12.5. The van der Waals surface area contributed by atoms with Gasteiger partial charge in [0.2, 0.25) is 0 Å². The number of nitrogens with zero attached hydrogens (tertiary/aromatic N) is 3. The molecule has 0 saturated carbocycles. The Labute approximate surface area is 164 Å². The van der Waals surface area contributed by atoms with Crippen molar-refractivity contribution in [3.05, 3.63) is 76.7 Å². The first kappa shape index (κ1) is 19.2. The Balaban J connectivity index is 1.69. The lowest BCUT2D eigenvalue weighted by Gasteiger charge is -2.08. The fourth-order valence-electron chi connectivity index (χ4n) is 2.95. The van der Waals surface area contributed by atoms with Gasteiger partial charge in [-0.2, -0.15) is 5.10 Å². The number of amides is 1. The van der Waals surface area contributed by atoms with Crippen LogP contribution in [0.2, 0.25) is 0 Å². The second-order valence-electron chi connectivity index (χ2n) is 6.29. The molecular weight excluding hydrogens is 356 g/mol. The summed E-state index contributed by atoms with van der Waals surface area (Å²) in [5.41, 5.74) is 4.93. The van der Waals surface area contributed by atoms with Crippen LogP contribution < -0.4 is 5.32 Å². The van der Waals surface area contributed by atoms with Crippen molar-refractivity contribution in [1.29, 1.82) is 0 Å². The van der Waals surface area contributed by atoms with Crippen LogP contribution in [-0.4, -0.2) is 26.4 Å². The fraction of sp³-hybridized carbons (Fsp3) is 0.286. The highest BCUT2D eigenvalue weighted by Gasteiger charge is 2.14. The van der Waals surface area contributed by atoms with E-state index in [0.717, 1.165) is 34.3 Å². The third kappa shape index (κ3) is 4.77. The molecule has 3 aromatic rings. The molecule has 0 radical (unpaired) electrons. The molecule has 1 N–H and O–H groups in total. The van der Waals surface area contributed by atoms with E-state index < -0.39 is 0 Å². The van der Waals surface area contributed by atoms with Gasteiger partial charge in [-0.25, -0.2) is 4.98 Å². The van der Waals surface area contributed by atoms with Gasteiger partial charge in [-0.3, -0.25) is 9.48 Å². The topological polar surface area (TPSA) is 59.8 Å². The van der Waals surface area contributed by atoms with Gasteiger partial charge in [-0.1, -0.05) is 37.3 Å². The van der Waals surface area contributed by atoms with E-state index in [1.807, 2.05) is 42.8 Å². The second kappa shape index (κ2) is 8.86. The zero-order valence-corrected chi connectivity index (χ0v) is 16.7. The lowest BCUT2D eigenvalue weighted by molar-refractivity contribution is 0.0950. The van der Waals surface area contributed by atoms with E-state index >= 15 is 0 Å². The van der Waals surface area contributed by atoms with Gasteiger partial charge in [0.15, 0.2) is 0 Å². The molecule has 0 aliphatic heterocycles. The van der Waals surface area contributed by atoms with Crippen molar-refractivity contribution in [2.75, 3.05) is 5.75 Å². The number of aromatic nitrogens is 3. The summed E-state index contributed by atoms with van der Waals surface area (Å²) in [4.78, 5) is 16.8. The molecule has 5 nitrogen and oxygen atoms in total. The van der Waals surface area contributed by atoms with Crippen LogP contribution in [0.3, 0.4) is 0 Å². The summed E-state index contributed by atoms with van der Waals surface area (Å²) in [6.45, 7) is 7.29. The highest BCUT2D eigenvalue weighted by Crippen LogP contribution is 2.17. The van der Waals surface area contributed by atoms with E-state index in [1.165, 1.54) is 5.56 Å². The normalized spacial score (nSPS) is 10.8. The van der Waals surface area contributed by atoms with Gasteiger partial charge in [0, 0.05) is 29.6 Å². The van der Waals surface area contributed by atoms with E-state index in [1.54, 1.807) is 24.0 Å². The molecule has 1 amide bonds. The average Bonchev–Trinajstić information content (AvgIpc) is 2.94. The largest absolute Gasteiger partial charge is 0.348 e. The van der Waals surface area contributed by atoms with Gasteiger partial charge in [-0.15, -0.1) is 11.8 Å². The lowest BCUT2D eigenvalue weighted by Crippen LogP contribution is -2.23. The van der Waals surface area contributed by atoms with Gasteiger partial charge >= 0.3 is 0 Å². The fourth-order valence-corrected chi connectivity index (χ4v) is 3.59. The summed E-state index contributed by atoms with van der Waals surface area (Å²) in [7, 11) is 0. The van der Waals surface area contributed by atoms with E-state index in [9.17, 15) is 4.79 Å². The van der Waals surface area contributed by atoms with Gasteiger partial charge in [-0.05, 0) is 37.3 Å². The van der Waals surface area contributed by atoms with Crippen molar-refractivity contribution in [1.82, 2.24) is 20.1 Å². The number of hydrogen-bond acceptors (Lipinski definition) is 4. The monoisotopic (exact) mass is 380 g/mol. The number of hydrogen-bond donors (Lipinski definition) is 1. The quantitative estimate of drug-likeness (QED) is 0.630. The zero-order valence-electron chi connectivity index (χ0n) is 15.9. The van der Waals surface area contributed by atoms with Crippen molar-refractivity contribution in [3.63, 3.8) is 0 Å². The summed E-state index contributed by atoms with van der Waals surface area (Å²) in [5.74, 6) is 0.835. The molecule has 0 atom stereocenters. The number of carbonyl (C=O) groups is 1. The third-order valence-corrected chi connectivity index (χ3v) is 5.23. The van der Waals surface area contributed by atoms with Crippen molar-refractivity contribution >= 4 is 17.7 Å². The van der Waals surface area contributed by atoms with Crippen molar-refractivity contribution in [2.24, 2.45) is 0 Å². The maximum atomic E-state index is 12.5. The molecule has 0 aliphatic carbocycles. The first-order chi connectivity index (χ1) is 13.1. The molecule has 0 bridgehead atoms. The Kier molecular flexibility index (Phi) is 6.29. The minimum Gasteiger partial charge on any atom is -0.348 e. The molecule has 0 unspecified atom stereocenters. The standard InChI is InChI=1S/C21H24N4OS/c1-4-27-20-12-18(10-11-22-20)21(26)23-13-19-15(2)24-25(16(19)3)14-17-8-6-5-7-9-17/h5-12H,4,13-14H2,1-3H3,(H,23,26). The Morgan fingerprint density at radius 3 is 2.70 bits per heavy atom. The van der Waals surface area contributed by atoms with Crippen LogP contribution in [0.25, 0.3) is 0 Å². The smallest absolute Gasteiger partial charge is 0.251 e. The lowest BCUT2D eigenvalue weighted by atomic mass is 10.1. The molecule has 1 aromatic carbocycles. The number of benzene rings is 1. The van der Waals surface area contributed by atoms with Crippen LogP contribution in [0.1, 0.15) is 39.8 Å². The molecule has 0 spiro atoms. The zero-order chi connectivity index (χ0) is 19.2. The van der Waals surface area contributed by atoms with E-state index in [4.69, 9.17) is 0 Å². The van der Waals surface area contributed by atoms with Crippen molar-refractivity contribution in [2.45, 2.75) is 38.9 Å². The molecule has 2 heterocycles. The van der Waals surface area contributed by atoms with Crippen LogP contribution in [0.5, 0.6) is 0 Å². The predicted molar refractivity (Wildman–Crippen MR) is 109 cm³/mol. The average molecular weight is 381 g/mol. The minimum atomic E-state index is -0.0926. The minimum absolute atomic E-state index is 0.0926. The predicted octanol–water partition coefficient (Wildman–Crippen LogP) is 3.99. The Morgan fingerprint density at radius 2 is 1.96 bits per heavy atom. The van der Waals surface area contributed by atoms with Gasteiger partial charge in [0.05, 0.1) is 17.3 Å². The summed E-state index contributed by atoms with van der Waals surface area (Å²) in [5, 5.41) is 8.53. The molecule has 0 fully saturated rings. The number of rotatable bonds is 7. The van der Waals surface area contributed by atoms with Crippen LogP contribution >= 0.6 is 11.8 Å². The van der Waals surface area contributed by atoms with Crippen molar-refractivity contribution in [3.8, 4) is 0 Å². The Bertz CT molecular complexity index is 921. The molecule has 3 rings (SSSR count). The Morgan fingerprint density at radius 1 is 1.19 bits per heavy atom. The van der Waals surface area contributed by atoms with Gasteiger partial charge in [0.1, 0.15) is 0 Å². The molecule has 140 valence electrons. The first-order valence-electron chi connectivity index (χ1n) is 9.02. The van der Waals surface area contributed by atoms with E-state index in [2.05, 4.69) is 34.5 Å². The number of aryl methyl sites for hydroxylation is 1. The number of pyridine rings is 1. The number of carbonyl (C=O) groups excluding carboxylic acids is 1. The van der Waals surface area contributed by atoms with Crippen LogP contribution in [-0.2, 0) is 13.1 Å². The molecule has 0 saturated heterocycles. The van der Waals surface area contributed by atoms with E-state index in [-0.39, 0.29) is 5.91 Å². The molecule has 6 heteroatoms. The second-order valence-corrected chi connectivity index (χ2v) is 7.58. The van der Waals surface area contributed by atoms with Gasteiger partial charge < -0.3 is 5.32 Å². The number of thioether (sulfide) groups is 1. The van der Waals surface area contributed by atoms with Crippen LogP contribution in [0, 0.1) is 13.8 Å². The van der Waals surface area contributed by atoms with Gasteiger partial charge in [0.25, 0.3) is 5.91 Å². The highest BCUT2D eigenvalue weighted by atomic mass is 32.2. The van der Waals surface area contributed by atoms with Crippen LogP contribution in [0.4, 0.5) is 0 Å². The van der Waals surface area contributed by atoms with E-state index in [0.29, 0.717) is 12.1 Å². The Hall–Kier alpha value is -2.60. The molecule has 27 heavy (non-hydrogen) atoms. The summed E-state index contributed by atoms with van der Waals surface area (Å²) in [6.07, 6.45) is 1.68. The number of nitrogens with one attached hydrogen (secondary N) is 1. The van der Waals surface area contributed by atoms with Crippen molar-refractivity contribution < 1.29 is 4.79 Å². The first-order valence-corrected chi connectivity index (χ1v) is 10.0. The molecule has 0 aliphatic rings. The summed E-state index contributed by atoms with van der Waals surface area (Å²) in [6, 6.07) is 13.8. The highest BCUT2D eigenvalue weighted by molar-refractivity contribution is 7.99.